The van der Waals surface area contributed by atoms with E-state index in [1.54, 1.807) is 0 Å². The van der Waals surface area contributed by atoms with Gasteiger partial charge in [-0.2, -0.15) is 0 Å². The molecule has 192 valence electrons. The van der Waals surface area contributed by atoms with E-state index in [0.29, 0.717) is 5.56 Å². The van der Waals surface area contributed by atoms with Crippen molar-refractivity contribution < 1.29 is 9.53 Å². The Morgan fingerprint density at radius 3 is 2.18 bits per heavy atom. The van der Waals surface area contributed by atoms with Crippen molar-refractivity contribution in [3.8, 4) is 0 Å². The van der Waals surface area contributed by atoms with Crippen molar-refractivity contribution in [2.45, 2.75) is 51.4 Å². The number of nitrogens with zero attached hydrogens (tertiary/aromatic N) is 2. The third kappa shape index (κ3) is 3.74. The first-order chi connectivity index (χ1) is 18.1. The Morgan fingerprint density at radius 1 is 0.842 bits per heavy atom. The first-order valence-electron chi connectivity index (χ1n) is 13.3. The molecule has 0 aromatic heterocycles. The molecule has 1 aliphatic heterocycles. The van der Waals surface area contributed by atoms with Gasteiger partial charge in [-0.25, -0.2) is 9.79 Å². The minimum atomic E-state index is -0.341. The monoisotopic (exact) mass is 502 g/mol. The van der Waals surface area contributed by atoms with Crippen LogP contribution in [0.5, 0.6) is 0 Å². The quantitative estimate of drug-likeness (QED) is 0.259. The summed E-state index contributed by atoms with van der Waals surface area (Å²) in [6.07, 6.45) is 2.32. The molecule has 0 amide bonds. The van der Waals surface area contributed by atoms with E-state index in [2.05, 4.69) is 88.2 Å². The number of rotatable bonds is 2. The molecule has 0 radical (unpaired) electrons. The van der Waals surface area contributed by atoms with Crippen molar-refractivity contribution in [1.29, 1.82) is 0 Å². The van der Waals surface area contributed by atoms with Crippen LogP contribution < -0.4 is 4.90 Å². The Hall–Kier alpha value is -3.92. The second-order valence-corrected chi connectivity index (χ2v) is 11.9. The third-order valence-electron chi connectivity index (χ3n) is 8.63. The maximum absolute atomic E-state index is 12.1. The summed E-state index contributed by atoms with van der Waals surface area (Å²) in [5.74, 6) is -0.341. The number of methoxy groups -OCH3 is 1. The van der Waals surface area contributed by atoms with Crippen LogP contribution in [-0.4, -0.2) is 25.8 Å². The molecule has 2 aliphatic rings. The predicted molar refractivity (Wildman–Crippen MR) is 157 cm³/mol. The van der Waals surface area contributed by atoms with E-state index in [9.17, 15) is 4.79 Å². The molecule has 0 saturated carbocycles. The highest BCUT2D eigenvalue weighted by Crippen LogP contribution is 2.51. The number of esters is 1. The van der Waals surface area contributed by atoms with Gasteiger partial charge in [0, 0.05) is 18.2 Å². The molecule has 1 aliphatic carbocycles. The van der Waals surface area contributed by atoms with Gasteiger partial charge in [0.2, 0.25) is 0 Å². The number of hydrogen-bond donors (Lipinski definition) is 0. The summed E-state index contributed by atoms with van der Waals surface area (Å²) in [6, 6.07) is 25.2. The summed E-state index contributed by atoms with van der Waals surface area (Å²) < 4.78 is 4.93. The van der Waals surface area contributed by atoms with Crippen LogP contribution in [0.15, 0.2) is 77.8 Å². The van der Waals surface area contributed by atoms with Crippen LogP contribution in [-0.2, 0) is 15.6 Å². The second-order valence-electron chi connectivity index (χ2n) is 11.9. The van der Waals surface area contributed by atoms with Crippen LogP contribution in [0.4, 0.5) is 17.1 Å². The molecule has 0 atom stereocenters. The zero-order valence-corrected chi connectivity index (χ0v) is 23.1. The molecule has 0 N–H and O–H groups in total. The molecule has 0 saturated heterocycles. The molecular weight excluding hydrogens is 468 g/mol. The second kappa shape index (κ2) is 8.56. The van der Waals surface area contributed by atoms with E-state index in [-0.39, 0.29) is 16.8 Å². The molecule has 0 unspecified atom stereocenters. The van der Waals surface area contributed by atoms with Gasteiger partial charge < -0.3 is 9.64 Å². The largest absolute Gasteiger partial charge is 0.465 e. The number of carbonyl (C=O) groups is 1. The topological polar surface area (TPSA) is 41.9 Å². The number of benzene rings is 4. The zero-order valence-electron chi connectivity index (χ0n) is 23.1. The molecule has 6 rings (SSSR count). The van der Waals surface area contributed by atoms with E-state index in [4.69, 9.17) is 9.73 Å². The molecular formula is C34H34N2O2. The van der Waals surface area contributed by atoms with Crippen molar-refractivity contribution in [2.75, 3.05) is 19.1 Å². The number of aliphatic imine (C=N–C) groups is 1. The molecule has 1 heterocycles. The van der Waals surface area contributed by atoms with E-state index in [0.717, 1.165) is 52.1 Å². The minimum Gasteiger partial charge on any atom is -0.465 e. The van der Waals surface area contributed by atoms with Gasteiger partial charge in [0.15, 0.2) is 0 Å². The molecule has 0 spiro atoms. The molecule has 38 heavy (non-hydrogen) atoms. The van der Waals surface area contributed by atoms with Crippen LogP contribution in [0.2, 0.25) is 0 Å². The van der Waals surface area contributed by atoms with Crippen molar-refractivity contribution in [2.24, 2.45) is 4.99 Å². The average Bonchev–Trinajstić information content (AvgIpc) is 3.04. The van der Waals surface area contributed by atoms with E-state index >= 15 is 0 Å². The summed E-state index contributed by atoms with van der Waals surface area (Å²) in [6.45, 7) is 9.44. The highest BCUT2D eigenvalue weighted by molar-refractivity contribution is 6.25. The van der Waals surface area contributed by atoms with Crippen molar-refractivity contribution in [3.05, 3.63) is 101 Å². The Labute approximate surface area is 225 Å². The Kier molecular flexibility index (Phi) is 5.50. The lowest BCUT2D eigenvalue weighted by Gasteiger charge is -2.42. The van der Waals surface area contributed by atoms with Gasteiger partial charge in [-0.05, 0) is 75.9 Å². The summed E-state index contributed by atoms with van der Waals surface area (Å²) in [4.78, 5) is 19.9. The van der Waals surface area contributed by atoms with Crippen LogP contribution in [0.3, 0.4) is 0 Å². The number of hydrogen-bond acceptors (Lipinski definition) is 4. The first-order valence-corrected chi connectivity index (χ1v) is 13.3. The fourth-order valence-corrected chi connectivity index (χ4v) is 6.13. The Morgan fingerprint density at radius 2 is 1.50 bits per heavy atom. The van der Waals surface area contributed by atoms with Gasteiger partial charge in [0.05, 0.1) is 35.4 Å². The summed E-state index contributed by atoms with van der Waals surface area (Å²) >= 11 is 0. The standard InChI is InChI=1S/C34H34N2O2/c1-33(2)17-18-34(3,4)26-20-29-27(19-25(26)33)35-31(22-11-13-23(14-12-22)32(37)38-6)30-24-10-8-7-9-21(24)15-16-28(30)36(29)5/h7-16,19-20H,17-18H2,1-6H3. The molecule has 0 fully saturated rings. The van der Waals surface area contributed by atoms with Crippen molar-refractivity contribution in [3.63, 3.8) is 0 Å². The summed E-state index contributed by atoms with van der Waals surface area (Å²) in [7, 11) is 3.56. The van der Waals surface area contributed by atoms with Gasteiger partial charge >= 0.3 is 5.97 Å². The molecule has 0 bridgehead atoms. The lowest BCUT2D eigenvalue weighted by Crippen LogP contribution is -2.34. The zero-order chi connectivity index (χ0) is 26.8. The van der Waals surface area contributed by atoms with Gasteiger partial charge in [-0.1, -0.05) is 70.2 Å². The van der Waals surface area contributed by atoms with Crippen LogP contribution >= 0.6 is 0 Å². The maximum atomic E-state index is 12.1. The fourth-order valence-electron chi connectivity index (χ4n) is 6.13. The van der Waals surface area contributed by atoms with Crippen LogP contribution in [0.1, 0.15) is 73.1 Å². The molecule has 4 heteroatoms. The third-order valence-corrected chi connectivity index (χ3v) is 8.63. The first kappa shape index (κ1) is 24.4. The van der Waals surface area contributed by atoms with E-state index in [1.165, 1.54) is 23.6 Å². The van der Waals surface area contributed by atoms with Gasteiger partial charge in [0.25, 0.3) is 0 Å². The smallest absolute Gasteiger partial charge is 0.337 e. The highest BCUT2D eigenvalue weighted by Gasteiger charge is 2.38. The van der Waals surface area contributed by atoms with Crippen molar-refractivity contribution >= 4 is 39.5 Å². The SMILES string of the molecule is COC(=O)c1ccc(C2=Nc3cc4c(cc3N(C)c3ccc5ccccc5c32)C(C)(C)CCC4(C)C)cc1. The van der Waals surface area contributed by atoms with Crippen LogP contribution in [0.25, 0.3) is 10.8 Å². The van der Waals surface area contributed by atoms with E-state index in [1.807, 2.05) is 24.3 Å². The highest BCUT2D eigenvalue weighted by atomic mass is 16.5. The summed E-state index contributed by atoms with van der Waals surface area (Å²) in [5, 5.41) is 2.33. The predicted octanol–water partition coefficient (Wildman–Crippen LogP) is 8.23. The lowest BCUT2D eigenvalue weighted by molar-refractivity contribution is 0.0600. The number of anilines is 2. The number of carbonyl (C=O) groups excluding carboxylic acids is 1. The normalized spacial score (nSPS) is 17.1. The minimum absolute atomic E-state index is 0.0855. The maximum Gasteiger partial charge on any atom is 0.337 e. The Balaban J connectivity index is 1.67. The molecule has 4 aromatic rings. The Bertz CT molecular complexity index is 1630. The van der Waals surface area contributed by atoms with Gasteiger partial charge in [-0.3, -0.25) is 0 Å². The van der Waals surface area contributed by atoms with Crippen molar-refractivity contribution in [1.82, 2.24) is 0 Å². The molecule has 4 aromatic carbocycles. The van der Waals surface area contributed by atoms with E-state index < -0.39 is 0 Å². The van der Waals surface area contributed by atoms with Gasteiger partial charge in [0.1, 0.15) is 0 Å². The average molecular weight is 503 g/mol. The number of fused-ring (bicyclic) bond motifs is 5. The molecule has 4 nitrogen and oxygen atoms in total. The fraction of sp³-hybridized carbons (Fsp3) is 0.294. The lowest BCUT2D eigenvalue weighted by atomic mass is 9.63. The van der Waals surface area contributed by atoms with Gasteiger partial charge in [-0.15, -0.1) is 0 Å². The number of ether oxygens (including phenoxy) is 1. The van der Waals surface area contributed by atoms with Crippen LogP contribution in [0, 0.1) is 0 Å². The summed E-state index contributed by atoms with van der Waals surface area (Å²) in [5.41, 5.74) is 9.72.